The van der Waals surface area contributed by atoms with Crippen molar-refractivity contribution in [1.82, 2.24) is 10.4 Å². The normalized spacial score (nSPS) is 21.2. The summed E-state index contributed by atoms with van der Waals surface area (Å²) in [6.07, 6.45) is 3.59. The van der Waals surface area contributed by atoms with Crippen LogP contribution in [0, 0.1) is 0 Å². The zero-order valence-electron chi connectivity index (χ0n) is 20.0. The fourth-order valence-corrected chi connectivity index (χ4v) is 4.43. The molecule has 2 atom stereocenters. The minimum Gasteiger partial charge on any atom is -0.494 e. The molecule has 0 saturated carbocycles. The average Bonchev–Trinajstić information content (AvgIpc) is 3.54. The van der Waals surface area contributed by atoms with E-state index in [-0.39, 0.29) is 18.9 Å². The van der Waals surface area contributed by atoms with E-state index in [0.29, 0.717) is 41.5 Å². The minimum absolute atomic E-state index is 0.0618. The van der Waals surface area contributed by atoms with Crippen LogP contribution in [0.3, 0.4) is 0 Å². The molecule has 0 unspecified atom stereocenters. The van der Waals surface area contributed by atoms with E-state index in [4.69, 9.17) is 25.1 Å². The fourth-order valence-electron chi connectivity index (χ4n) is 4.43. The number of nitrogens with zero attached hydrogens (tertiary/aromatic N) is 5. The third-order valence-electron chi connectivity index (χ3n) is 6.22. The van der Waals surface area contributed by atoms with E-state index in [1.165, 1.54) is 0 Å². The second kappa shape index (κ2) is 11.7. The molecule has 0 bridgehead atoms. The van der Waals surface area contributed by atoms with Crippen LogP contribution in [0.25, 0.3) is 10.4 Å². The number of nitrogens with one attached hydrogen (secondary N) is 1. The lowest BCUT2D eigenvalue weighted by molar-refractivity contribution is -0.133. The largest absolute Gasteiger partial charge is 0.494 e. The standard InChI is InChI=1S/C26H30N6O4/c1-2-14-26(25(34)30-32-15-5-6-16-32)23(21-8-3-4-9-22(21)29-31-27)36-24(28-26)19-10-12-20(13-11-19)35-18-7-17-33/h2-4,8-13,23,33H,1,5-7,14-18H2,(H,30,34)/t23-,26-/m0/s1. The number of hydrogen-bond acceptors (Lipinski definition) is 7. The molecule has 2 N–H and O–H groups in total. The zero-order chi connectivity index (χ0) is 25.4. The van der Waals surface area contributed by atoms with E-state index in [1.54, 1.807) is 36.4 Å². The SMILES string of the molecule is C=CC[C@]1(C(=O)NN2CCCC2)N=C(c2ccc(OCCCO)cc2)O[C@H]1c1ccccc1N=[N+]=[N-]. The van der Waals surface area contributed by atoms with E-state index in [9.17, 15) is 4.79 Å². The van der Waals surface area contributed by atoms with Gasteiger partial charge >= 0.3 is 0 Å². The average molecular weight is 491 g/mol. The Balaban J connectivity index is 1.73. The predicted octanol–water partition coefficient (Wildman–Crippen LogP) is 4.35. The van der Waals surface area contributed by atoms with Gasteiger partial charge in [-0.3, -0.25) is 10.2 Å². The molecule has 10 heteroatoms. The third kappa shape index (κ3) is 5.36. The number of aliphatic hydroxyl groups is 1. The van der Waals surface area contributed by atoms with Crippen LogP contribution < -0.4 is 10.2 Å². The molecule has 0 radical (unpaired) electrons. The number of azide groups is 1. The number of amides is 1. The Morgan fingerprint density at radius 3 is 2.75 bits per heavy atom. The van der Waals surface area contributed by atoms with Crippen LogP contribution in [0.5, 0.6) is 5.75 Å². The first-order valence-electron chi connectivity index (χ1n) is 12.0. The Hall–Kier alpha value is -3.85. The van der Waals surface area contributed by atoms with Crippen LogP contribution in [0.2, 0.25) is 0 Å². The highest BCUT2D eigenvalue weighted by Crippen LogP contribution is 2.45. The van der Waals surface area contributed by atoms with Crippen LogP contribution in [0.4, 0.5) is 5.69 Å². The molecule has 2 aliphatic rings. The summed E-state index contributed by atoms with van der Waals surface area (Å²) in [4.78, 5) is 21.6. The molecule has 2 heterocycles. The van der Waals surface area contributed by atoms with Gasteiger partial charge in [0.05, 0.1) is 6.61 Å². The Kier molecular flexibility index (Phi) is 8.22. The van der Waals surface area contributed by atoms with Gasteiger partial charge in [-0.25, -0.2) is 10.0 Å². The van der Waals surface area contributed by atoms with Crippen molar-refractivity contribution in [2.45, 2.75) is 37.3 Å². The van der Waals surface area contributed by atoms with Crippen molar-refractivity contribution in [3.05, 3.63) is 82.8 Å². The number of ether oxygens (including phenoxy) is 2. The van der Waals surface area contributed by atoms with Crippen LogP contribution in [0.15, 0.2) is 71.3 Å². The van der Waals surface area contributed by atoms with Crippen molar-refractivity contribution in [2.24, 2.45) is 10.1 Å². The molecule has 1 amide bonds. The quantitative estimate of drug-likeness (QED) is 0.159. The first kappa shape index (κ1) is 25.2. The van der Waals surface area contributed by atoms with E-state index in [2.05, 4.69) is 22.0 Å². The van der Waals surface area contributed by atoms with Crippen LogP contribution in [-0.4, -0.2) is 53.8 Å². The van der Waals surface area contributed by atoms with E-state index in [0.717, 1.165) is 25.9 Å². The number of benzene rings is 2. The lowest BCUT2D eigenvalue weighted by Crippen LogP contribution is -2.53. The van der Waals surface area contributed by atoms with Crippen LogP contribution >= 0.6 is 0 Å². The van der Waals surface area contributed by atoms with E-state index in [1.807, 2.05) is 23.2 Å². The van der Waals surface area contributed by atoms with Gasteiger partial charge in [0.1, 0.15) is 5.75 Å². The van der Waals surface area contributed by atoms with Crippen molar-refractivity contribution >= 4 is 17.5 Å². The van der Waals surface area contributed by atoms with E-state index < -0.39 is 11.6 Å². The Labute approximate surface area is 209 Å². The van der Waals surface area contributed by atoms with Gasteiger partial charge in [-0.15, -0.1) is 6.58 Å². The van der Waals surface area contributed by atoms with Gasteiger partial charge in [-0.1, -0.05) is 35.5 Å². The predicted molar refractivity (Wildman–Crippen MR) is 136 cm³/mol. The first-order valence-corrected chi connectivity index (χ1v) is 12.0. The van der Waals surface area contributed by atoms with Crippen molar-refractivity contribution in [3.63, 3.8) is 0 Å². The van der Waals surface area contributed by atoms with Gasteiger partial charge in [-0.2, -0.15) is 0 Å². The van der Waals surface area contributed by atoms with Gasteiger partial charge in [0.25, 0.3) is 5.91 Å². The Morgan fingerprint density at radius 2 is 2.06 bits per heavy atom. The summed E-state index contributed by atoms with van der Waals surface area (Å²) in [6.45, 7) is 5.89. The lowest BCUT2D eigenvalue weighted by atomic mass is 9.84. The van der Waals surface area contributed by atoms with Crippen molar-refractivity contribution in [1.29, 1.82) is 0 Å². The van der Waals surface area contributed by atoms with Crippen LogP contribution in [0.1, 0.15) is 42.9 Å². The summed E-state index contributed by atoms with van der Waals surface area (Å²) in [5, 5.41) is 14.7. The Morgan fingerprint density at radius 1 is 1.31 bits per heavy atom. The number of hydrazine groups is 1. The highest BCUT2D eigenvalue weighted by molar-refractivity contribution is 6.01. The minimum atomic E-state index is -1.35. The zero-order valence-corrected chi connectivity index (χ0v) is 20.0. The fraction of sp³-hybridized carbons (Fsp3) is 0.385. The van der Waals surface area contributed by atoms with Crippen LogP contribution in [-0.2, 0) is 9.53 Å². The summed E-state index contributed by atoms with van der Waals surface area (Å²) in [5.74, 6) is 0.653. The molecule has 0 aromatic heterocycles. The molecule has 1 saturated heterocycles. The monoisotopic (exact) mass is 490 g/mol. The van der Waals surface area contributed by atoms with Gasteiger partial charge < -0.3 is 14.6 Å². The topological polar surface area (TPSA) is 132 Å². The molecule has 4 rings (SSSR count). The second-order valence-electron chi connectivity index (χ2n) is 8.67. The lowest BCUT2D eigenvalue weighted by Gasteiger charge is -2.32. The molecule has 188 valence electrons. The number of carbonyl (C=O) groups is 1. The maximum Gasteiger partial charge on any atom is 0.266 e. The molecule has 2 aromatic carbocycles. The maximum atomic E-state index is 13.8. The smallest absolute Gasteiger partial charge is 0.266 e. The molecule has 2 aliphatic heterocycles. The first-order chi connectivity index (χ1) is 17.6. The number of aliphatic hydroxyl groups excluding tert-OH is 1. The van der Waals surface area contributed by atoms with Crippen molar-refractivity contribution in [3.8, 4) is 5.75 Å². The molecule has 0 aliphatic carbocycles. The van der Waals surface area contributed by atoms with Gasteiger partial charge in [-0.05, 0) is 42.6 Å². The summed E-state index contributed by atoms with van der Waals surface area (Å²) < 4.78 is 12.0. The molecule has 1 fully saturated rings. The molecular weight excluding hydrogens is 460 g/mol. The molecule has 0 spiro atoms. The van der Waals surface area contributed by atoms with Gasteiger partial charge in [0, 0.05) is 54.3 Å². The number of aliphatic imine (C=N–C) groups is 1. The molecule has 2 aromatic rings. The number of hydrogen-bond donors (Lipinski definition) is 2. The highest BCUT2D eigenvalue weighted by atomic mass is 16.5. The van der Waals surface area contributed by atoms with E-state index >= 15 is 0 Å². The summed E-state index contributed by atoms with van der Waals surface area (Å²) in [7, 11) is 0. The molecule has 10 nitrogen and oxygen atoms in total. The number of rotatable bonds is 11. The second-order valence-corrected chi connectivity index (χ2v) is 8.67. The maximum absolute atomic E-state index is 13.8. The van der Waals surface area contributed by atoms with Gasteiger partial charge in [0.15, 0.2) is 11.6 Å². The van der Waals surface area contributed by atoms with Crippen molar-refractivity contribution < 1.29 is 19.4 Å². The third-order valence-corrected chi connectivity index (χ3v) is 6.22. The van der Waals surface area contributed by atoms with Crippen molar-refractivity contribution in [2.75, 3.05) is 26.3 Å². The molecule has 36 heavy (non-hydrogen) atoms. The summed E-state index contributed by atoms with van der Waals surface area (Å²) in [5.41, 5.74) is 12.4. The molecular formula is C26H30N6O4. The number of carbonyl (C=O) groups excluding carboxylic acids is 1. The van der Waals surface area contributed by atoms with Gasteiger partial charge in [0.2, 0.25) is 5.90 Å². The summed E-state index contributed by atoms with van der Waals surface area (Å²) in [6, 6.07) is 14.2. The highest BCUT2D eigenvalue weighted by Gasteiger charge is 2.53. The Bertz CT molecular complexity index is 1160. The summed E-state index contributed by atoms with van der Waals surface area (Å²) >= 11 is 0.